The van der Waals surface area contributed by atoms with E-state index >= 15 is 0 Å². The van der Waals surface area contributed by atoms with Crippen LogP contribution < -0.4 is 0 Å². The molecule has 0 amide bonds. The number of hydrogen-bond acceptors (Lipinski definition) is 7. The number of carbonyl (C=O) groups is 2. The molecule has 15 rings (SSSR count). The van der Waals surface area contributed by atoms with Gasteiger partial charge in [0.1, 0.15) is 12.2 Å². The average Bonchev–Trinajstić information content (AvgIpc) is 3.64. The predicted molar refractivity (Wildman–Crippen MR) is 324 cm³/mol. The van der Waals surface area contributed by atoms with Crippen molar-refractivity contribution in [2.45, 2.75) is 174 Å². The summed E-state index contributed by atoms with van der Waals surface area (Å²) < 4.78 is 26.5. The van der Waals surface area contributed by atoms with Gasteiger partial charge in [0.05, 0.1) is 34.2 Å². The van der Waals surface area contributed by atoms with Crippen LogP contribution in [0.5, 0.6) is 0 Å². The van der Waals surface area contributed by atoms with Crippen LogP contribution in [0.25, 0.3) is 54.2 Å². The second kappa shape index (κ2) is 20.6. The third-order valence-electron chi connectivity index (χ3n) is 20.9. The van der Waals surface area contributed by atoms with Crippen molar-refractivity contribution < 1.29 is 28.5 Å². The van der Waals surface area contributed by atoms with Crippen LogP contribution in [0, 0.1) is 58.2 Å². The number of thiol groups is 1. The Balaban J connectivity index is 0.000000159. The molecule has 7 heteroatoms. The molecule has 8 saturated carbocycles. The van der Waals surface area contributed by atoms with E-state index in [-0.39, 0.29) is 47.6 Å². The predicted octanol–water partition coefficient (Wildman–Crippen LogP) is 18.0. The summed E-state index contributed by atoms with van der Waals surface area (Å²) >= 11 is 4.87. The zero-order valence-corrected chi connectivity index (χ0v) is 49.4. The van der Waals surface area contributed by atoms with E-state index in [1.807, 2.05) is 27.7 Å². The highest BCUT2D eigenvalue weighted by molar-refractivity contribution is 7.80. The molecule has 8 aliphatic rings. The molecule has 7 aromatic rings. The maximum Gasteiger partial charge on any atom is 0.311 e. The number of hydrogen-bond donors (Lipinski definition) is 1. The normalized spacial score (nSPS) is 28.1. The molecule has 6 nitrogen and oxygen atoms in total. The Hall–Kier alpha value is -5.21. The second-order valence-electron chi connectivity index (χ2n) is 27.6. The summed E-state index contributed by atoms with van der Waals surface area (Å²) in [6.45, 7) is 21.1. The lowest BCUT2D eigenvalue weighted by molar-refractivity contribution is -0.219. The van der Waals surface area contributed by atoms with Gasteiger partial charge in [-0.15, -0.1) is 12.6 Å². The van der Waals surface area contributed by atoms with Gasteiger partial charge in [0, 0.05) is 4.90 Å². The Labute approximate surface area is 475 Å². The highest BCUT2D eigenvalue weighted by atomic mass is 32.1. The molecular formula is C72H84O6S. The minimum Gasteiger partial charge on any atom is -0.461 e. The van der Waals surface area contributed by atoms with Crippen molar-refractivity contribution in [3.05, 3.63) is 139 Å². The maximum absolute atomic E-state index is 12.9. The van der Waals surface area contributed by atoms with Crippen LogP contribution in [0.15, 0.2) is 132 Å². The molecular weight excluding hydrogens is 993 g/mol. The first kappa shape index (κ1) is 54.4. The van der Waals surface area contributed by atoms with Crippen molar-refractivity contribution in [2.24, 2.45) is 58.2 Å². The third kappa shape index (κ3) is 10.1. The van der Waals surface area contributed by atoms with Crippen LogP contribution in [0.4, 0.5) is 0 Å². The highest BCUT2D eigenvalue weighted by Crippen LogP contribution is 2.59. The van der Waals surface area contributed by atoms with Crippen LogP contribution >= 0.6 is 12.6 Å². The average molecular weight is 1080 g/mol. The van der Waals surface area contributed by atoms with Gasteiger partial charge in [-0.05, 0) is 263 Å². The first-order valence-corrected chi connectivity index (χ1v) is 30.6. The molecule has 0 atom stereocenters. The minimum absolute atomic E-state index is 0.0172. The van der Waals surface area contributed by atoms with E-state index in [1.165, 1.54) is 65.3 Å². The van der Waals surface area contributed by atoms with Gasteiger partial charge in [0.2, 0.25) is 0 Å². The first-order valence-electron chi connectivity index (χ1n) is 30.2. The lowest BCUT2D eigenvalue weighted by atomic mass is 9.53. The van der Waals surface area contributed by atoms with E-state index in [1.54, 1.807) is 0 Å². The summed E-state index contributed by atoms with van der Waals surface area (Å²) in [5.74, 6) is 4.15. The van der Waals surface area contributed by atoms with Gasteiger partial charge < -0.3 is 18.9 Å². The number of ether oxygens (including phenoxy) is 4. The fraction of sp³-hybridized carbons (Fsp3) is 0.500. The summed E-state index contributed by atoms with van der Waals surface area (Å²) in [4.78, 5) is 26.8. The van der Waals surface area contributed by atoms with Gasteiger partial charge >= 0.3 is 11.9 Å². The summed E-state index contributed by atoms with van der Waals surface area (Å²) in [5.41, 5.74) is 3.39. The Morgan fingerprint density at radius 2 is 0.835 bits per heavy atom. The van der Waals surface area contributed by atoms with E-state index in [9.17, 15) is 9.59 Å². The van der Waals surface area contributed by atoms with Gasteiger partial charge in [-0.2, -0.15) is 0 Å². The highest BCUT2D eigenvalue weighted by Gasteiger charge is 2.58. The molecule has 0 unspecified atom stereocenters. The molecule has 414 valence electrons. The zero-order chi connectivity index (χ0) is 55.3. The summed E-state index contributed by atoms with van der Waals surface area (Å²) in [5, 5.41) is 9.87. The van der Waals surface area contributed by atoms with Crippen LogP contribution in [0.3, 0.4) is 0 Å². The van der Waals surface area contributed by atoms with E-state index in [4.69, 9.17) is 31.6 Å². The number of rotatable bonds is 13. The maximum atomic E-state index is 12.9. The molecule has 8 aliphatic carbocycles. The molecule has 7 aromatic carbocycles. The molecule has 0 saturated heterocycles. The van der Waals surface area contributed by atoms with Crippen LogP contribution in [-0.2, 0) is 39.7 Å². The number of benzene rings is 7. The Morgan fingerprint density at radius 1 is 0.418 bits per heavy atom. The minimum atomic E-state index is -0.403. The number of fused-ring (bicyclic) bond motifs is 4. The Kier molecular flexibility index (Phi) is 14.2. The SMILES string of the molecule is CCC(C)(C)C(=O)OC1C2CC3CC1CC(C2)C3OC(C)(C)c1ccc2c(S)c3ccccc3cc2c1.CCC(C)(C)C(=O)OC1C2CC3CC1CC(C2)C3OC(C)(C)c1ccc2cc3cccc(-c4ccccc4)c3cc2c1. The zero-order valence-electron chi connectivity index (χ0n) is 48.5. The molecule has 0 N–H and O–H groups in total. The van der Waals surface area contributed by atoms with Gasteiger partial charge in [-0.25, -0.2) is 0 Å². The van der Waals surface area contributed by atoms with Crippen LogP contribution in [-0.4, -0.2) is 36.4 Å². The smallest absolute Gasteiger partial charge is 0.311 e. The van der Waals surface area contributed by atoms with Gasteiger partial charge in [-0.1, -0.05) is 111 Å². The second-order valence-corrected chi connectivity index (χ2v) is 28.0. The van der Waals surface area contributed by atoms with Crippen molar-refractivity contribution in [1.82, 2.24) is 0 Å². The van der Waals surface area contributed by atoms with Crippen molar-refractivity contribution in [3.63, 3.8) is 0 Å². The Bertz CT molecular complexity index is 3380. The number of esters is 2. The van der Waals surface area contributed by atoms with Crippen molar-refractivity contribution in [1.29, 1.82) is 0 Å². The van der Waals surface area contributed by atoms with Crippen LogP contribution in [0.1, 0.15) is 145 Å². The molecule has 8 fully saturated rings. The summed E-state index contributed by atoms with van der Waals surface area (Å²) in [6, 6.07) is 46.3. The Morgan fingerprint density at radius 3 is 1.35 bits per heavy atom. The van der Waals surface area contributed by atoms with Crippen molar-refractivity contribution in [2.75, 3.05) is 0 Å². The molecule has 0 heterocycles. The summed E-state index contributed by atoms with van der Waals surface area (Å²) in [6.07, 6.45) is 11.3. The lowest BCUT2D eigenvalue weighted by Gasteiger charge is -2.58. The molecule has 0 aromatic heterocycles. The standard InChI is InChI=1S/C39H44O3.C33H40O3S/c1-6-38(2,3)37(40)41-35-28-18-30-20-29(35)21-31(19-28)36(30)42-39(4,5)32-16-15-25-17-26-13-10-14-33(24-11-8-7-9-12-24)34(26)23-27(25)22-32;1-6-32(2,3)31(34)35-28-21-14-23-16-22(28)17-24(15-21)29(23)36-33(4,5)25-11-12-27-20(18-25)13-19-9-7-8-10-26(19)30(27)37/h7-17,22-23,28-31,35-36H,6,18-21H2,1-5H3;7-13,18,21-24,28-29,37H,6,14-17H2,1-5H3. The molecule has 0 aliphatic heterocycles. The monoisotopic (exact) mass is 1080 g/mol. The summed E-state index contributed by atoms with van der Waals surface area (Å²) in [7, 11) is 0. The van der Waals surface area contributed by atoms with E-state index < -0.39 is 10.8 Å². The van der Waals surface area contributed by atoms with Crippen molar-refractivity contribution >= 4 is 67.7 Å². The molecule has 79 heavy (non-hydrogen) atoms. The van der Waals surface area contributed by atoms with Gasteiger partial charge in [-0.3, -0.25) is 9.59 Å². The fourth-order valence-corrected chi connectivity index (χ4v) is 16.1. The quantitative estimate of drug-likeness (QED) is 0.0705. The largest absolute Gasteiger partial charge is 0.461 e. The third-order valence-corrected chi connectivity index (χ3v) is 21.4. The van der Waals surface area contributed by atoms with E-state index in [2.05, 4.69) is 169 Å². The molecule has 8 bridgehead atoms. The van der Waals surface area contributed by atoms with E-state index in [0.29, 0.717) is 47.3 Å². The van der Waals surface area contributed by atoms with Crippen molar-refractivity contribution in [3.8, 4) is 11.1 Å². The van der Waals surface area contributed by atoms with E-state index in [0.717, 1.165) is 69.1 Å². The fourth-order valence-electron chi connectivity index (χ4n) is 15.7. The number of carbonyl (C=O) groups excluding carboxylic acids is 2. The molecule has 0 radical (unpaired) electrons. The lowest BCUT2D eigenvalue weighted by Crippen LogP contribution is -2.58. The molecule has 0 spiro atoms. The first-order chi connectivity index (χ1) is 37.7. The van der Waals surface area contributed by atoms with Gasteiger partial charge in [0.15, 0.2) is 0 Å². The topological polar surface area (TPSA) is 71.1 Å². The van der Waals surface area contributed by atoms with Crippen LogP contribution in [0.2, 0.25) is 0 Å². The van der Waals surface area contributed by atoms with Gasteiger partial charge in [0.25, 0.3) is 0 Å².